The quantitative estimate of drug-likeness (QED) is 0.597. The van der Waals surface area contributed by atoms with E-state index in [4.69, 9.17) is 5.84 Å². The third kappa shape index (κ3) is 3.56. The van der Waals surface area contributed by atoms with Crippen molar-refractivity contribution in [3.8, 4) is 0 Å². The predicted molar refractivity (Wildman–Crippen MR) is 79.4 cm³/mol. The summed E-state index contributed by atoms with van der Waals surface area (Å²) >= 11 is 1.82. The summed E-state index contributed by atoms with van der Waals surface area (Å²) in [5.74, 6) is 7.47. The zero-order valence-electron chi connectivity index (χ0n) is 11.4. The minimum atomic E-state index is 0.372. The first kappa shape index (κ1) is 14.0. The SMILES string of the molecule is CCCCC1CCC(C(NN)c2cccs2)CC1. The first-order valence-electron chi connectivity index (χ1n) is 7.34. The van der Waals surface area contributed by atoms with Gasteiger partial charge in [0.1, 0.15) is 0 Å². The molecule has 1 heterocycles. The van der Waals surface area contributed by atoms with E-state index in [0.717, 1.165) is 11.8 Å². The van der Waals surface area contributed by atoms with E-state index in [0.29, 0.717) is 6.04 Å². The summed E-state index contributed by atoms with van der Waals surface area (Å²) in [6.07, 6.45) is 9.63. The molecule has 1 fully saturated rings. The lowest BCUT2D eigenvalue weighted by Crippen LogP contribution is -2.34. The maximum absolute atomic E-state index is 5.77. The zero-order valence-corrected chi connectivity index (χ0v) is 12.2. The van der Waals surface area contributed by atoms with Gasteiger partial charge in [-0.2, -0.15) is 0 Å². The molecule has 1 aromatic heterocycles. The normalized spacial score (nSPS) is 26.1. The molecule has 2 rings (SSSR count). The third-order valence-electron chi connectivity index (χ3n) is 4.36. The molecule has 18 heavy (non-hydrogen) atoms. The highest BCUT2D eigenvalue weighted by atomic mass is 32.1. The molecule has 0 amide bonds. The lowest BCUT2D eigenvalue weighted by atomic mass is 9.76. The average molecular weight is 266 g/mol. The molecule has 1 aliphatic carbocycles. The van der Waals surface area contributed by atoms with Gasteiger partial charge in [-0.25, -0.2) is 0 Å². The number of unbranched alkanes of at least 4 members (excludes halogenated alkanes) is 1. The lowest BCUT2D eigenvalue weighted by Gasteiger charge is -2.33. The number of hydrogen-bond donors (Lipinski definition) is 2. The largest absolute Gasteiger partial charge is 0.271 e. The highest BCUT2D eigenvalue weighted by Crippen LogP contribution is 2.39. The highest BCUT2D eigenvalue weighted by molar-refractivity contribution is 7.10. The minimum absolute atomic E-state index is 0.372. The molecule has 1 atom stereocenters. The monoisotopic (exact) mass is 266 g/mol. The van der Waals surface area contributed by atoms with Crippen LogP contribution in [-0.4, -0.2) is 0 Å². The van der Waals surface area contributed by atoms with Crippen molar-refractivity contribution < 1.29 is 0 Å². The van der Waals surface area contributed by atoms with Crippen molar-refractivity contribution in [1.82, 2.24) is 5.43 Å². The van der Waals surface area contributed by atoms with Crippen molar-refractivity contribution in [2.75, 3.05) is 0 Å². The molecule has 1 unspecified atom stereocenters. The summed E-state index contributed by atoms with van der Waals surface area (Å²) in [6.45, 7) is 2.29. The molecule has 0 saturated heterocycles. The fraction of sp³-hybridized carbons (Fsp3) is 0.733. The fourth-order valence-corrected chi connectivity index (χ4v) is 4.10. The van der Waals surface area contributed by atoms with Gasteiger partial charge in [0, 0.05) is 4.88 Å². The second-order valence-corrected chi connectivity index (χ2v) is 6.56. The maximum atomic E-state index is 5.77. The van der Waals surface area contributed by atoms with E-state index in [9.17, 15) is 0 Å². The Balaban J connectivity index is 1.84. The molecule has 3 N–H and O–H groups in total. The summed E-state index contributed by atoms with van der Waals surface area (Å²) < 4.78 is 0. The molecule has 1 saturated carbocycles. The molecule has 102 valence electrons. The molecule has 1 aromatic rings. The van der Waals surface area contributed by atoms with Gasteiger partial charge in [-0.05, 0) is 36.1 Å². The Morgan fingerprint density at radius 3 is 2.72 bits per heavy atom. The number of thiophene rings is 1. The molecule has 0 aromatic carbocycles. The summed E-state index contributed by atoms with van der Waals surface area (Å²) in [7, 11) is 0. The summed E-state index contributed by atoms with van der Waals surface area (Å²) in [5, 5.41) is 2.15. The van der Waals surface area contributed by atoms with Gasteiger partial charge in [-0.1, -0.05) is 45.1 Å². The fourth-order valence-electron chi connectivity index (χ4n) is 3.22. The molecule has 0 radical (unpaired) electrons. The van der Waals surface area contributed by atoms with Gasteiger partial charge in [0.05, 0.1) is 6.04 Å². The third-order valence-corrected chi connectivity index (χ3v) is 5.31. The molecular weight excluding hydrogens is 240 g/mol. The molecular formula is C15H26N2S. The maximum Gasteiger partial charge on any atom is 0.0581 e. The summed E-state index contributed by atoms with van der Waals surface area (Å²) in [5.41, 5.74) is 3.04. The molecule has 0 aliphatic heterocycles. The highest BCUT2D eigenvalue weighted by Gasteiger charge is 2.28. The molecule has 2 nitrogen and oxygen atoms in total. The Bertz CT molecular complexity index is 315. The smallest absolute Gasteiger partial charge is 0.0581 e. The van der Waals surface area contributed by atoms with Crippen LogP contribution in [0.5, 0.6) is 0 Å². The van der Waals surface area contributed by atoms with Gasteiger partial charge >= 0.3 is 0 Å². The summed E-state index contributed by atoms with van der Waals surface area (Å²) in [6, 6.07) is 4.70. The van der Waals surface area contributed by atoms with E-state index in [1.807, 2.05) is 11.3 Å². The zero-order chi connectivity index (χ0) is 12.8. The van der Waals surface area contributed by atoms with Gasteiger partial charge in [-0.15, -0.1) is 11.3 Å². The second-order valence-electron chi connectivity index (χ2n) is 5.58. The van der Waals surface area contributed by atoms with Crippen molar-refractivity contribution in [3.05, 3.63) is 22.4 Å². The van der Waals surface area contributed by atoms with E-state index in [-0.39, 0.29) is 0 Å². The molecule has 3 heteroatoms. The minimum Gasteiger partial charge on any atom is -0.271 e. The van der Waals surface area contributed by atoms with E-state index in [1.54, 1.807) is 0 Å². The molecule has 0 bridgehead atoms. The van der Waals surface area contributed by atoms with Crippen LogP contribution in [0.2, 0.25) is 0 Å². The van der Waals surface area contributed by atoms with E-state index in [2.05, 4.69) is 29.9 Å². The standard InChI is InChI=1S/C15H26N2S/c1-2-3-5-12-7-9-13(10-8-12)15(17-16)14-6-4-11-18-14/h4,6,11-13,15,17H,2-3,5,7-10,16H2,1H3. The van der Waals surface area contributed by atoms with Crippen molar-refractivity contribution in [3.63, 3.8) is 0 Å². The average Bonchev–Trinajstić information content (AvgIpc) is 2.93. The van der Waals surface area contributed by atoms with Crippen LogP contribution in [0.25, 0.3) is 0 Å². The van der Waals surface area contributed by atoms with Crippen molar-refractivity contribution in [2.45, 2.75) is 57.9 Å². The summed E-state index contributed by atoms with van der Waals surface area (Å²) in [4.78, 5) is 1.40. The lowest BCUT2D eigenvalue weighted by molar-refractivity contribution is 0.215. The molecule has 1 aliphatic rings. The van der Waals surface area contributed by atoms with Crippen LogP contribution in [0.1, 0.15) is 62.8 Å². The van der Waals surface area contributed by atoms with Crippen LogP contribution in [0.4, 0.5) is 0 Å². The van der Waals surface area contributed by atoms with Crippen LogP contribution < -0.4 is 11.3 Å². The number of hydrazine groups is 1. The molecule has 0 spiro atoms. The van der Waals surface area contributed by atoms with Crippen LogP contribution in [0, 0.1) is 11.8 Å². The number of nitrogens with two attached hydrogens (primary N) is 1. The second kappa shape index (κ2) is 7.27. The van der Waals surface area contributed by atoms with Crippen molar-refractivity contribution >= 4 is 11.3 Å². The Hall–Kier alpha value is -0.380. The van der Waals surface area contributed by atoms with Gasteiger partial charge in [0.25, 0.3) is 0 Å². The van der Waals surface area contributed by atoms with Crippen molar-refractivity contribution in [2.24, 2.45) is 17.7 Å². The Kier molecular flexibility index (Phi) is 5.67. The number of rotatable bonds is 6. The van der Waals surface area contributed by atoms with Crippen molar-refractivity contribution in [1.29, 1.82) is 0 Å². The Morgan fingerprint density at radius 1 is 1.39 bits per heavy atom. The van der Waals surface area contributed by atoms with E-state index in [1.165, 1.54) is 49.8 Å². The van der Waals surface area contributed by atoms with Gasteiger partial charge in [0.15, 0.2) is 0 Å². The predicted octanol–water partition coefficient (Wildman–Crippen LogP) is 4.25. The first-order valence-corrected chi connectivity index (χ1v) is 8.22. The Morgan fingerprint density at radius 2 is 2.17 bits per heavy atom. The topological polar surface area (TPSA) is 38.0 Å². The van der Waals surface area contributed by atoms with Crippen LogP contribution in [0.15, 0.2) is 17.5 Å². The van der Waals surface area contributed by atoms with Crippen LogP contribution >= 0.6 is 11.3 Å². The Labute approximate surface area is 115 Å². The van der Waals surface area contributed by atoms with Gasteiger partial charge < -0.3 is 0 Å². The first-order chi connectivity index (χ1) is 8.85. The van der Waals surface area contributed by atoms with Gasteiger partial charge in [0.2, 0.25) is 0 Å². The number of hydrogen-bond acceptors (Lipinski definition) is 3. The van der Waals surface area contributed by atoms with Gasteiger partial charge in [-0.3, -0.25) is 11.3 Å². The number of nitrogens with one attached hydrogen (secondary N) is 1. The van der Waals surface area contributed by atoms with E-state index >= 15 is 0 Å². The van der Waals surface area contributed by atoms with Crippen LogP contribution in [-0.2, 0) is 0 Å². The van der Waals surface area contributed by atoms with E-state index < -0.39 is 0 Å². The van der Waals surface area contributed by atoms with Crippen LogP contribution in [0.3, 0.4) is 0 Å².